The molecule has 0 saturated carbocycles. The van der Waals surface area contributed by atoms with Crippen molar-refractivity contribution in [2.75, 3.05) is 19.7 Å². The van der Waals surface area contributed by atoms with Crippen molar-refractivity contribution in [3.05, 3.63) is 0 Å². The van der Waals surface area contributed by atoms with Gasteiger partial charge in [0.05, 0.1) is 5.60 Å². The molecule has 0 aromatic heterocycles. The molecule has 3 N–H and O–H groups in total. The van der Waals surface area contributed by atoms with E-state index in [0.717, 1.165) is 32.3 Å². The van der Waals surface area contributed by atoms with Gasteiger partial charge in [-0.3, -0.25) is 4.79 Å². The highest BCUT2D eigenvalue weighted by atomic mass is 16.5. The molecule has 20 heavy (non-hydrogen) atoms. The van der Waals surface area contributed by atoms with Gasteiger partial charge in [0.15, 0.2) is 0 Å². The summed E-state index contributed by atoms with van der Waals surface area (Å²) in [5.74, 6) is 0.629. The van der Waals surface area contributed by atoms with Crippen LogP contribution in [0.3, 0.4) is 0 Å². The van der Waals surface area contributed by atoms with E-state index in [9.17, 15) is 4.79 Å². The van der Waals surface area contributed by atoms with E-state index in [0.29, 0.717) is 25.4 Å². The van der Waals surface area contributed by atoms with Crippen LogP contribution in [0.25, 0.3) is 0 Å². The van der Waals surface area contributed by atoms with Crippen LogP contribution in [0.15, 0.2) is 0 Å². The zero-order valence-corrected chi connectivity index (χ0v) is 13.6. The number of ether oxygens (including phenoxy) is 1. The van der Waals surface area contributed by atoms with Gasteiger partial charge in [-0.25, -0.2) is 0 Å². The van der Waals surface area contributed by atoms with Crippen LogP contribution >= 0.6 is 0 Å². The number of nitrogens with two attached hydrogens (primary N) is 1. The van der Waals surface area contributed by atoms with Gasteiger partial charge in [0.2, 0.25) is 5.91 Å². The second kappa shape index (κ2) is 7.41. The van der Waals surface area contributed by atoms with E-state index in [1.807, 2.05) is 0 Å². The lowest BCUT2D eigenvalue weighted by molar-refractivity contribution is -0.122. The number of hydrogen-bond donors (Lipinski definition) is 2. The molecule has 0 aromatic rings. The van der Waals surface area contributed by atoms with Crippen LogP contribution in [0.4, 0.5) is 0 Å². The molecule has 2 atom stereocenters. The maximum atomic E-state index is 12.0. The number of amides is 1. The summed E-state index contributed by atoms with van der Waals surface area (Å²) < 4.78 is 5.68. The molecule has 0 aliphatic carbocycles. The molecular weight excluding hydrogens is 252 g/mol. The van der Waals surface area contributed by atoms with Crippen molar-refractivity contribution < 1.29 is 9.53 Å². The van der Waals surface area contributed by atoms with E-state index in [4.69, 9.17) is 10.5 Å². The third-order valence-electron chi connectivity index (χ3n) is 4.42. The Balaban J connectivity index is 2.30. The Hall–Kier alpha value is -0.610. The normalized spacial score (nSPS) is 24.6. The second-order valence-electron chi connectivity index (χ2n) is 7.36. The van der Waals surface area contributed by atoms with Crippen molar-refractivity contribution in [1.82, 2.24) is 5.32 Å². The van der Waals surface area contributed by atoms with Gasteiger partial charge in [0, 0.05) is 19.6 Å². The van der Waals surface area contributed by atoms with Gasteiger partial charge in [-0.15, -0.1) is 0 Å². The molecule has 1 rings (SSSR count). The molecule has 1 aliphatic heterocycles. The van der Waals surface area contributed by atoms with Crippen LogP contribution in [-0.4, -0.2) is 31.2 Å². The van der Waals surface area contributed by atoms with Gasteiger partial charge in [0.25, 0.3) is 0 Å². The van der Waals surface area contributed by atoms with Crippen LogP contribution in [0, 0.1) is 11.3 Å². The Morgan fingerprint density at radius 2 is 2.10 bits per heavy atom. The van der Waals surface area contributed by atoms with Gasteiger partial charge in [-0.1, -0.05) is 20.8 Å². The maximum Gasteiger partial charge on any atom is 0.220 e. The van der Waals surface area contributed by atoms with Crippen molar-refractivity contribution >= 4 is 5.91 Å². The lowest BCUT2D eigenvalue weighted by Gasteiger charge is -2.30. The molecule has 4 nitrogen and oxygen atoms in total. The van der Waals surface area contributed by atoms with Crippen molar-refractivity contribution in [2.45, 2.75) is 65.4 Å². The molecule has 1 saturated heterocycles. The van der Waals surface area contributed by atoms with Gasteiger partial charge in [-0.2, -0.15) is 0 Å². The van der Waals surface area contributed by atoms with Crippen LogP contribution in [0.5, 0.6) is 0 Å². The largest absolute Gasteiger partial charge is 0.373 e. The minimum Gasteiger partial charge on any atom is -0.373 e. The summed E-state index contributed by atoms with van der Waals surface area (Å²) in [6.45, 7) is 10.9. The topological polar surface area (TPSA) is 64.4 Å². The van der Waals surface area contributed by atoms with E-state index in [-0.39, 0.29) is 16.9 Å². The van der Waals surface area contributed by atoms with Crippen LogP contribution in [0.1, 0.15) is 59.8 Å². The first-order valence-electron chi connectivity index (χ1n) is 7.87. The van der Waals surface area contributed by atoms with Gasteiger partial charge in [-0.05, 0) is 50.5 Å². The minimum absolute atomic E-state index is 0.132. The molecule has 0 spiro atoms. The van der Waals surface area contributed by atoms with Crippen molar-refractivity contribution in [3.8, 4) is 0 Å². The Kier molecular flexibility index (Phi) is 6.46. The lowest BCUT2D eigenvalue weighted by atomic mass is 9.76. The maximum absolute atomic E-state index is 12.0. The Morgan fingerprint density at radius 3 is 2.60 bits per heavy atom. The zero-order valence-electron chi connectivity index (χ0n) is 13.6. The monoisotopic (exact) mass is 284 g/mol. The number of carbonyl (C=O) groups excluding carboxylic acids is 1. The Labute approximate surface area is 123 Å². The highest BCUT2D eigenvalue weighted by molar-refractivity contribution is 5.75. The average Bonchev–Trinajstić information content (AvgIpc) is 2.78. The van der Waals surface area contributed by atoms with Crippen LogP contribution < -0.4 is 11.1 Å². The molecule has 0 bridgehead atoms. The molecule has 2 unspecified atom stereocenters. The third-order valence-corrected chi connectivity index (χ3v) is 4.42. The third kappa shape index (κ3) is 5.80. The summed E-state index contributed by atoms with van der Waals surface area (Å²) in [7, 11) is 0. The molecule has 0 aromatic carbocycles. The quantitative estimate of drug-likeness (QED) is 0.755. The van der Waals surface area contributed by atoms with Gasteiger partial charge in [0.1, 0.15) is 0 Å². The molecule has 1 fully saturated rings. The summed E-state index contributed by atoms with van der Waals surface area (Å²) in [6, 6.07) is 0. The molecule has 1 amide bonds. The summed E-state index contributed by atoms with van der Waals surface area (Å²) in [5, 5.41) is 3.02. The molecule has 1 heterocycles. The van der Waals surface area contributed by atoms with E-state index < -0.39 is 0 Å². The highest BCUT2D eigenvalue weighted by Crippen LogP contribution is 2.32. The van der Waals surface area contributed by atoms with Crippen LogP contribution in [-0.2, 0) is 9.53 Å². The molecule has 118 valence electrons. The fourth-order valence-electron chi connectivity index (χ4n) is 2.87. The van der Waals surface area contributed by atoms with Gasteiger partial charge < -0.3 is 15.8 Å². The first-order valence-corrected chi connectivity index (χ1v) is 7.87. The van der Waals surface area contributed by atoms with Gasteiger partial charge >= 0.3 is 0 Å². The average molecular weight is 284 g/mol. The molecule has 1 aliphatic rings. The zero-order chi connectivity index (χ0) is 15.2. The second-order valence-corrected chi connectivity index (χ2v) is 7.36. The Morgan fingerprint density at radius 1 is 1.40 bits per heavy atom. The van der Waals surface area contributed by atoms with Crippen molar-refractivity contribution in [1.29, 1.82) is 0 Å². The summed E-state index contributed by atoms with van der Waals surface area (Å²) in [5.41, 5.74) is 5.73. The summed E-state index contributed by atoms with van der Waals surface area (Å²) >= 11 is 0. The smallest absolute Gasteiger partial charge is 0.220 e. The fraction of sp³-hybridized carbons (Fsp3) is 0.938. The number of nitrogens with one attached hydrogen (secondary N) is 1. The summed E-state index contributed by atoms with van der Waals surface area (Å²) in [6.07, 6.45) is 4.60. The molecular formula is C16H32N2O2. The molecule has 4 heteroatoms. The van der Waals surface area contributed by atoms with E-state index in [1.165, 1.54) is 0 Å². The van der Waals surface area contributed by atoms with Crippen LogP contribution in [0.2, 0.25) is 0 Å². The Bertz CT molecular complexity index is 304. The first-order chi connectivity index (χ1) is 9.27. The fourth-order valence-corrected chi connectivity index (χ4v) is 2.87. The predicted molar refractivity (Wildman–Crippen MR) is 82.5 cm³/mol. The van der Waals surface area contributed by atoms with Crippen molar-refractivity contribution in [3.63, 3.8) is 0 Å². The predicted octanol–water partition coefficient (Wildman–Crippen LogP) is 2.46. The minimum atomic E-state index is -0.156. The first kappa shape index (κ1) is 17.4. The SMILES string of the molecule is CC1(CNC(=O)CCC(CCN)C(C)(C)C)CCCO1. The number of hydrogen-bond acceptors (Lipinski definition) is 3. The summed E-state index contributed by atoms with van der Waals surface area (Å²) in [4.78, 5) is 12.0. The molecule has 0 radical (unpaired) electrons. The highest BCUT2D eigenvalue weighted by Gasteiger charge is 2.30. The standard InChI is InChI=1S/C16H32N2O2/c1-15(2,3)13(8-10-17)6-7-14(19)18-12-16(4)9-5-11-20-16/h13H,5-12,17H2,1-4H3,(H,18,19). The number of rotatable bonds is 7. The van der Waals surface area contributed by atoms with Crippen molar-refractivity contribution in [2.24, 2.45) is 17.1 Å². The number of carbonyl (C=O) groups is 1. The van der Waals surface area contributed by atoms with E-state index >= 15 is 0 Å². The van der Waals surface area contributed by atoms with E-state index in [1.54, 1.807) is 0 Å². The van der Waals surface area contributed by atoms with E-state index in [2.05, 4.69) is 33.0 Å². The lowest BCUT2D eigenvalue weighted by Crippen LogP contribution is -2.40.